The number of para-hydroxylation sites is 1. The van der Waals surface area contributed by atoms with Gasteiger partial charge in [0.05, 0.1) is 25.7 Å². The van der Waals surface area contributed by atoms with E-state index < -0.39 is 11.9 Å². The van der Waals surface area contributed by atoms with Crippen LogP contribution >= 0.6 is 0 Å². The molecule has 2 atom stereocenters. The van der Waals surface area contributed by atoms with Crippen LogP contribution in [0.25, 0.3) is 0 Å². The highest BCUT2D eigenvalue weighted by Crippen LogP contribution is 2.24. The zero-order chi connectivity index (χ0) is 14.5. The molecule has 1 aromatic rings. The molecule has 0 amide bonds. The third-order valence-corrected chi connectivity index (χ3v) is 3.63. The maximum Gasteiger partial charge on any atom is 0.310 e. The first-order chi connectivity index (χ1) is 9.63. The standard InChI is InChI=1S/C15H21NO4/c1-3-20-14-7-5-4-6-11(14)8-16(2)13-10-19-9-12(13)15(17)18/h4-7,12-13H,3,8-10H2,1-2H3,(H,17,18). The van der Waals surface area contributed by atoms with E-state index in [4.69, 9.17) is 9.47 Å². The minimum absolute atomic E-state index is 0.0952. The predicted molar refractivity (Wildman–Crippen MR) is 74.8 cm³/mol. The van der Waals surface area contributed by atoms with Crippen LogP contribution in [0.2, 0.25) is 0 Å². The number of carboxylic acid groups (broad SMARTS) is 1. The molecule has 1 saturated heterocycles. The van der Waals surface area contributed by atoms with Crippen LogP contribution in [0.5, 0.6) is 5.75 Å². The topological polar surface area (TPSA) is 59.0 Å². The summed E-state index contributed by atoms with van der Waals surface area (Å²) in [6, 6.07) is 7.75. The summed E-state index contributed by atoms with van der Waals surface area (Å²) in [5.41, 5.74) is 1.06. The van der Waals surface area contributed by atoms with Gasteiger partial charge < -0.3 is 14.6 Å². The Morgan fingerprint density at radius 2 is 2.20 bits per heavy atom. The van der Waals surface area contributed by atoms with E-state index >= 15 is 0 Å². The summed E-state index contributed by atoms with van der Waals surface area (Å²) in [7, 11) is 1.93. The first kappa shape index (κ1) is 14.8. The molecule has 2 unspecified atom stereocenters. The summed E-state index contributed by atoms with van der Waals surface area (Å²) in [5, 5.41) is 9.21. The molecule has 110 valence electrons. The second-order valence-electron chi connectivity index (χ2n) is 5.01. The summed E-state index contributed by atoms with van der Waals surface area (Å²) >= 11 is 0. The molecule has 1 aliphatic rings. The number of hydrogen-bond acceptors (Lipinski definition) is 4. The van der Waals surface area contributed by atoms with Crippen molar-refractivity contribution < 1.29 is 19.4 Å². The van der Waals surface area contributed by atoms with Gasteiger partial charge in [-0.05, 0) is 20.0 Å². The van der Waals surface area contributed by atoms with Gasteiger partial charge in [0.1, 0.15) is 5.75 Å². The van der Waals surface area contributed by atoms with Gasteiger partial charge in [-0.3, -0.25) is 9.69 Å². The maximum absolute atomic E-state index is 11.2. The van der Waals surface area contributed by atoms with Crippen LogP contribution in [0.4, 0.5) is 0 Å². The van der Waals surface area contributed by atoms with Crippen LogP contribution in [-0.2, 0) is 16.1 Å². The average Bonchev–Trinajstić information content (AvgIpc) is 2.91. The van der Waals surface area contributed by atoms with E-state index in [9.17, 15) is 9.90 Å². The van der Waals surface area contributed by atoms with E-state index in [-0.39, 0.29) is 12.6 Å². The van der Waals surface area contributed by atoms with Gasteiger partial charge >= 0.3 is 5.97 Å². The first-order valence-electron chi connectivity index (χ1n) is 6.85. The van der Waals surface area contributed by atoms with Gasteiger partial charge in [0.2, 0.25) is 0 Å². The molecule has 20 heavy (non-hydrogen) atoms. The van der Waals surface area contributed by atoms with E-state index in [1.54, 1.807) is 0 Å². The molecule has 5 nitrogen and oxygen atoms in total. The van der Waals surface area contributed by atoms with Gasteiger partial charge in [0, 0.05) is 18.2 Å². The average molecular weight is 279 g/mol. The lowest BCUT2D eigenvalue weighted by Gasteiger charge is -2.26. The van der Waals surface area contributed by atoms with Crippen LogP contribution in [0.15, 0.2) is 24.3 Å². The molecule has 1 N–H and O–H groups in total. The van der Waals surface area contributed by atoms with Crippen molar-refractivity contribution in [3.8, 4) is 5.75 Å². The third-order valence-electron chi connectivity index (χ3n) is 3.63. The quantitative estimate of drug-likeness (QED) is 0.857. The van der Waals surface area contributed by atoms with Crippen molar-refractivity contribution in [2.24, 2.45) is 5.92 Å². The normalized spacial score (nSPS) is 22.1. The molecule has 1 aliphatic heterocycles. The first-order valence-corrected chi connectivity index (χ1v) is 6.85. The van der Waals surface area contributed by atoms with Crippen molar-refractivity contribution in [3.05, 3.63) is 29.8 Å². The zero-order valence-corrected chi connectivity index (χ0v) is 11.9. The number of carbonyl (C=O) groups is 1. The van der Waals surface area contributed by atoms with E-state index in [1.807, 2.05) is 43.1 Å². The largest absolute Gasteiger partial charge is 0.494 e. The highest BCUT2D eigenvalue weighted by atomic mass is 16.5. The van der Waals surface area contributed by atoms with E-state index in [1.165, 1.54) is 0 Å². The molecule has 1 aromatic carbocycles. The summed E-state index contributed by atoms with van der Waals surface area (Å²) < 4.78 is 10.9. The molecule has 0 radical (unpaired) electrons. The van der Waals surface area contributed by atoms with Gasteiger partial charge in [-0.15, -0.1) is 0 Å². The maximum atomic E-state index is 11.2. The number of carboxylic acids is 1. The molecule has 0 spiro atoms. The Bertz CT molecular complexity index is 463. The van der Waals surface area contributed by atoms with Gasteiger partial charge in [0.15, 0.2) is 0 Å². The minimum atomic E-state index is -0.794. The third kappa shape index (κ3) is 3.29. The Morgan fingerprint density at radius 1 is 1.45 bits per heavy atom. The van der Waals surface area contributed by atoms with Crippen LogP contribution in [-0.4, -0.2) is 48.9 Å². The van der Waals surface area contributed by atoms with Crippen molar-refractivity contribution in [2.45, 2.75) is 19.5 Å². The number of hydrogen-bond donors (Lipinski definition) is 1. The zero-order valence-electron chi connectivity index (χ0n) is 11.9. The van der Waals surface area contributed by atoms with Gasteiger partial charge in [-0.1, -0.05) is 18.2 Å². The number of aliphatic carboxylic acids is 1. The fraction of sp³-hybridized carbons (Fsp3) is 0.533. The molecule has 0 saturated carbocycles. The second kappa shape index (κ2) is 6.72. The molecule has 0 aliphatic carbocycles. The molecule has 2 rings (SSSR count). The molecule has 1 heterocycles. The Balaban J connectivity index is 2.07. The Labute approximate surface area is 119 Å². The van der Waals surface area contributed by atoms with E-state index in [0.717, 1.165) is 11.3 Å². The van der Waals surface area contributed by atoms with Gasteiger partial charge in [-0.25, -0.2) is 0 Å². The van der Waals surface area contributed by atoms with Crippen LogP contribution < -0.4 is 4.74 Å². The predicted octanol–water partition coefficient (Wildman–Crippen LogP) is 1.62. The number of rotatable bonds is 6. The van der Waals surface area contributed by atoms with Crippen LogP contribution in [0.1, 0.15) is 12.5 Å². The summed E-state index contributed by atoms with van der Waals surface area (Å²) in [6.07, 6.45) is 0. The number of ether oxygens (including phenoxy) is 2. The van der Waals surface area contributed by atoms with Crippen LogP contribution in [0, 0.1) is 5.92 Å². The highest BCUT2D eigenvalue weighted by Gasteiger charge is 2.36. The van der Waals surface area contributed by atoms with Crippen molar-refractivity contribution in [2.75, 3.05) is 26.9 Å². The SMILES string of the molecule is CCOc1ccccc1CN(C)C1COCC1C(=O)O. The fourth-order valence-corrected chi connectivity index (χ4v) is 2.53. The smallest absolute Gasteiger partial charge is 0.310 e. The number of likely N-dealkylation sites (N-methyl/N-ethyl adjacent to an activating group) is 1. The Hall–Kier alpha value is -1.59. The Kier molecular flexibility index (Phi) is 4.98. The molecular formula is C15H21NO4. The lowest BCUT2D eigenvalue weighted by molar-refractivity contribution is -0.143. The minimum Gasteiger partial charge on any atom is -0.494 e. The van der Waals surface area contributed by atoms with Crippen LogP contribution in [0.3, 0.4) is 0 Å². The van der Waals surface area contributed by atoms with Crippen molar-refractivity contribution in [3.63, 3.8) is 0 Å². The lowest BCUT2D eigenvalue weighted by Crippen LogP contribution is -2.40. The number of nitrogens with zero attached hydrogens (tertiary/aromatic N) is 1. The van der Waals surface area contributed by atoms with E-state index in [2.05, 4.69) is 0 Å². The summed E-state index contributed by atoms with van der Waals surface area (Å²) in [6.45, 7) is 3.96. The van der Waals surface area contributed by atoms with Gasteiger partial charge in [0.25, 0.3) is 0 Å². The lowest BCUT2D eigenvalue weighted by atomic mass is 10.0. The number of benzene rings is 1. The van der Waals surface area contributed by atoms with Gasteiger partial charge in [-0.2, -0.15) is 0 Å². The molecule has 0 aromatic heterocycles. The molecule has 5 heteroatoms. The fourth-order valence-electron chi connectivity index (χ4n) is 2.53. The molecule has 0 bridgehead atoms. The second-order valence-corrected chi connectivity index (χ2v) is 5.01. The Morgan fingerprint density at radius 3 is 2.90 bits per heavy atom. The molecule has 1 fully saturated rings. The van der Waals surface area contributed by atoms with Crippen molar-refractivity contribution in [1.82, 2.24) is 4.90 Å². The van der Waals surface area contributed by atoms with Crippen molar-refractivity contribution >= 4 is 5.97 Å². The highest BCUT2D eigenvalue weighted by molar-refractivity contribution is 5.71. The van der Waals surface area contributed by atoms with E-state index in [0.29, 0.717) is 19.8 Å². The molecular weight excluding hydrogens is 258 g/mol. The van der Waals surface area contributed by atoms with Crippen molar-refractivity contribution in [1.29, 1.82) is 0 Å². The monoisotopic (exact) mass is 279 g/mol. The summed E-state index contributed by atoms with van der Waals surface area (Å²) in [5.74, 6) is -0.399. The summed E-state index contributed by atoms with van der Waals surface area (Å²) in [4.78, 5) is 13.2.